The molecule has 0 aromatic heterocycles. The summed E-state index contributed by atoms with van der Waals surface area (Å²) in [4.78, 5) is 1.97. The first-order chi connectivity index (χ1) is 9.01. The SMILES string of the molecule is FC(F)(F)COCCN(CCCl)Cc1ccccc1. The number of rotatable bonds is 8. The molecule has 0 aliphatic heterocycles. The zero-order chi connectivity index (χ0) is 14.1. The van der Waals surface area contributed by atoms with E-state index in [4.69, 9.17) is 11.6 Å². The van der Waals surface area contributed by atoms with Crippen LogP contribution < -0.4 is 0 Å². The lowest BCUT2D eigenvalue weighted by Gasteiger charge is -2.21. The highest BCUT2D eigenvalue weighted by Crippen LogP contribution is 2.14. The molecule has 0 amide bonds. The molecule has 0 radical (unpaired) electrons. The van der Waals surface area contributed by atoms with Crippen molar-refractivity contribution in [3.63, 3.8) is 0 Å². The van der Waals surface area contributed by atoms with E-state index in [1.165, 1.54) is 0 Å². The average Bonchev–Trinajstić information content (AvgIpc) is 2.35. The summed E-state index contributed by atoms with van der Waals surface area (Å²) >= 11 is 5.69. The molecule has 0 fully saturated rings. The molecule has 1 aromatic rings. The predicted octanol–water partition coefficient (Wildman–Crippen LogP) is 3.31. The summed E-state index contributed by atoms with van der Waals surface area (Å²) < 4.78 is 40.3. The molecule has 1 aromatic carbocycles. The zero-order valence-corrected chi connectivity index (χ0v) is 11.3. The van der Waals surface area contributed by atoms with E-state index < -0.39 is 12.8 Å². The Morgan fingerprint density at radius 1 is 1.11 bits per heavy atom. The van der Waals surface area contributed by atoms with Crippen molar-refractivity contribution in [2.75, 3.05) is 32.2 Å². The first-order valence-corrected chi connectivity index (χ1v) is 6.51. The maximum Gasteiger partial charge on any atom is 0.411 e. The summed E-state index contributed by atoms with van der Waals surface area (Å²) in [6, 6.07) is 9.71. The summed E-state index contributed by atoms with van der Waals surface area (Å²) in [5.41, 5.74) is 1.10. The van der Waals surface area contributed by atoms with Gasteiger partial charge in [0.25, 0.3) is 0 Å². The topological polar surface area (TPSA) is 12.5 Å². The molecule has 0 N–H and O–H groups in total. The number of hydrogen-bond donors (Lipinski definition) is 0. The molecule has 0 aliphatic carbocycles. The van der Waals surface area contributed by atoms with E-state index in [2.05, 4.69) is 4.74 Å². The molecule has 0 saturated heterocycles. The van der Waals surface area contributed by atoms with E-state index in [1.54, 1.807) is 0 Å². The molecule has 6 heteroatoms. The number of halogens is 4. The van der Waals surface area contributed by atoms with Crippen LogP contribution in [0.15, 0.2) is 30.3 Å². The average molecular weight is 296 g/mol. The Balaban J connectivity index is 2.32. The minimum Gasteiger partial charge on any atom is -0.371 e. The Hall–Kier alpha value is -0.780. The number of nitrogens with zero attached hydrogens (tertiary/aromatic N) is 1. The summed E-state index contributed by atoms with van der Waals surface area (Å²) in [7, 11) is 0. The molecular weight excluding hydrogens is 279 g/mol. The van der Waals surface area contributed by atoms with Crippen molar-refractivity contribution in [2.45, 2.75) is 12.7 Å². The molecule has 0 atom stereocenters. The molecule has 0 saturated carbocycles. The number of benzene rings is 1. The third-order valence-corrected chi connectivity index (χ3v) is 2.64. The van der Waals surface area contributed by atoms with Gasteiger partial charge >= 0.3 is 6.18 Å². The van der Waals surface area contributed by atoms with Crippen LogP contribution in [0.5, 0.6) is 0 Å². The predicted molar refractivity (Wildman–Crippen MR) is 69.3 cm³/mol. The molecule has 0 heterocycles. The maximum atomic E-state index is 11.9. The molecule has 0 spiro atoms. The van der Waals surface area contributed by atoms with Gasteiger partial charge in [0, 0.05) is 25.5 Å². The summed E-state index contributed by atoms with van der Waals surface area (Å²) in [5.74, 6) is 0.437. The quantitative estimate of drug-likeness (QED) is 0.539. The van der Waals surface area contributed by atoms with E-state index in [-0.39, 0.29) is 6.61 Å². The Morgan fingerprint density at radius 2 is 1.79 bits per heavy atom. The van der Waals surface area contributed by atoms with E-state index in [0.717, 1.165) is 5.56 Å². The van der Waals surface area contributed by atoms with E-state index in [0.29, 0.717) is 25.5 Å². The van der Waals surface area contributed by atoms with Crippen molar-refractivity contribution < 1.29 is 17.9 Å². The first kappa shape index (κ1) is 16.3. The second-order valence-electron chi connectivity index (χ2n) is 4.12. The van der Waals surface area contributed by atoms with Gasteiger partial charge in [-0.15, -0.1) is 11.6 Å². The Morgan fingerprint density at radius 3 is 2.37 bits per heavy atom. The molecule has 108 valence electrons. The van der Waals surface area contributed by atoms with Crippen molar-refractivity contribution in [1.82, 2.24) is 4.90 Å². The third-order valence-electron chi connectivity index (χ3n) is 2.47. The van der Waals surface area contributed by atoms with Gasteiger partial charge in [0.05, 0.1) is 6.61 Å². The summed E-state index contributed by atoms with van der Waals surface area (Å²) in [5, 5.41) is 0. The van der Waals surface area contributed by atoms with Crippen LogP contribution in [0.3, 0.4) is 0 Å². The molecule has 2 nitrogen and oxygen atoms in total. The fourth-order valence-electron chi connectivity index (χ4n) is 1.61. The first-order valence-electron chi connectivity index (χ1n) is 5.98. The van der Waals surface area contributed by atoms with Crippen LogP contribution >= 0.6 is 11.6 Å². The highest BCUT2D eigenvalue weighted by Gasteiger charge is 2.27. The normalized spacial score (nSPS) is 12.1. The number of hydrogen-bond acceptors (Lipinski definition) is 2. The molecule has 1 rings (SSSR count). The van der Waals surface area contributed by atoms with Crippen LogP contribution in [-0.2, 0) is 11.3 Å². The number of alkyl halides is 4. The van der Waals surface area contributed by atoms with E-state index in [9.17, 15) is 13.2 Å². The van der Waals surface area contributed by atoms with Crippen LogP contribution in [0.25, 0.3) is 0 Å². The largest absolute Gasteiger partial charge is 0.411 e. The van der Waals surface area contributed by atoms with Crippen LogP contribution in [0, 0.1) is 0 Å². The Kier molecular flexibility index (Phi) is 7.20. The van der Waals surface area contributed by atoms with Gasteiger partial charge in [-0.3, -0.25) is 4.90 Å². The van der Waals surface area contributed by atoms with Crippen molar-refractivity contribution in [3.05, 3.63) is 35.9 Å². The maximum absolute atomic E-state index is 11.9. The van der Waals surface area contributed by atoms with Crippen LogP contribution in [0.4, 0.5) is 13.2 Å². The lowest BCUT2D eigenvalue weighted by atomic mass is 10.2. The molecule has 0 bridgehead atoms. The fourth-order valence-corrected chi connectivity index (χ4v) is 1.85. The van der Waals surface area contributed by atoms with Gasteiger partial charge in [0.15, 0.2) is 0 Å². The van der Waals surface area contributed by atoms with Gasteiger partial charge in [0.1, 0.15) is 6.61 Å². The van der Waals surface area contributed by atoms with E-state index in [1.807, 2.05) is 35.2 Å². The number of ether oxygens (including phenoxy) is 1. The summed E-state index contributed by atoms with van der Waals surface area (Å²) in [6.07, 6.45) is -4.27. The van der Waals surface area contributed by atoms with Crippen molar-refractivity contribution in [3.8, 4) is 0 Å². The lowest BCUT2D eigenvalue weighted by Crippen LogP contribution is -2.30. The standard InChI is InChI=1S/C13H17ClF3NO/c14-6-7-18(8-9-19-11-13(15,16)17)10-12-4-2-1-3-5-12/h1-5H,6-11H2. The molecule has 0 unspecified atom stereocenters. The van der Waals surface area contributed by atoms with Crippen LogP contribution in [0.2, 0.25) is 0 Å². The molecule has 0 aliphatic rings. The van der Waals surface area contributed by atoms with Gasteiger partial charge in [-0.05, 0) is 5.56 Å². The second kappa shape index (κ2) is 8.40. The minimum atomic E-state index is -4.27. The second-order valence-corrected chi connectivity index (χ2v) is 4.50. The van der Waals surface area contributed by atoms with Gasteiger partial charge in [-0.1, -0.05) is 30.3 Å². The van der Waals surface area contributed by atoms with Gasteiger partial charge in [-0.2, -0.15) is 13.2 Å². The van der Waals surface area contributed by atoms with Crippen molar-refractivity contribution in [2.24, 2.45) is 0 Å². The fraction of sp³-hybridized carbons (Fsp3) is 0.538. The van der Waals surface area contributed by atoms with Crippen LogP contribution in [0.1, 0.15) is 5.56 Å². The smallest absolute Gasteiger partial charge is 0.371 e. The van der Waals surface area contributed by atoms with Gasteiger partial charge in [-0.25, -0.2) is 0 Å². The lowest BCUT2D eigenvalue weighted by molar-refractivity contribution is -0.174. The molecular formula is C13H17ClF3NO. The summed E-state index contributed by atoms with van der Waals surface area (Å²) in [6.45, 7) is 0.544. The Labute approximate surface area is 116 Å². The third kappa shape index (κ3) is 8.08. The van der Waals surface area contributed by atoms with E-state index >= 15 is 0 Å². The highest BCUT2D eigenvalue weighted by molar-refractivity contribution is 6.18. The Bertz CT molecular complexity index is 345. The monoisotopic (exact) mass is 295 g/mol. The van der Waals surface area contributed by atoms with Gasteiger partial charge < -0.3 is 4.74 Å². The van der Waals surface area contributed by atoms with Crippen molar-refractivity contribution in [1.29, 1.82) is 0 Å². The van der Waals surface area contributed by atoms with Crippen molar-refractivity contribution >= 4 is 11.6 Å². The minimum absolute atomic E-state index is 0.0449. The zero-order valence-electron chi connectivity index (χ0n) is 10.5. The van der Waals surface area contributed by atoms with Gasteiger partial charge in [0.2, 0.25) is 0 Å². The molecule has 19 heavy (non-hydrogen) atoms. The van der Waals surface area contributed by atoms with Crippen LogP contribution in [-0.4, -0.2) is 43.3 Å². The highest BCUT2D eigenvalue weighted by atomic mass is 35.5.